The van der Waals surface area contributed by atoms with Crippen LogP contribution in [0.5, 0.6) is 0 Å². The standard InChI is InChI=1S/C19H34Br2O2Si/c1-11-14(23-24(6,7)17(2,3)4)10-13-15(11)16-12(19(16,20)21)8-9-18(13,5)22/h11-16,22H,8-10H2,1-7H3/t11-,12+,13-,14+,15+,16+,18-/m1/s1. The molecular weight excluding hydrogens is 448 g/mol. The first-order valence-electron chi connectivity index (χ1n) is 9.48. The molecule has 0 amide bonds. The molecule has 5 heteroatoms. The molecule has 3 aliphatic carbocycles. The minimum Gasteiger partial charge on any atom is -0.414 e. The van der Waals surface area contributed by atoms with Gasteiger partial charge in [-0.2, -0.15) is 0 Å². The predicted molar refractivity (Wildman–Crippen MR) is 110 cm³/mol. The van der Waals surface area contributed by atoms with Crippen LogP contribution >= 0.6 is 31.9 Å². The average molecular weight is 482 g/mol. The van der Waals surface area contributed by atoms with Gasteiger partial charge in [0.1, 0.15) is 0 Å². The Kier molecular flexibility index (Phi) is 4.79. The van der Waals surface area contributed by atoms with Crippen LogP contribution in [-0.2, 0) is 4.43 Å². The third-order valence-corrected chi connectivity index (χ3v) is 14.6. The Morgan fingerprint density at radius 2 is 1.75 bits per heavy atom. The molecule has 0 aromatic heterocycles. The molecule has 0 aromatic rings. The van der Waals surface area contributed by atoms with Crippen LogP contribution in [0.3, 0.4) is 0 Å². The summed E-state index contributed by atoms with van der Waals surface area (Å²) in [6.07, 6.45) is 3.34. The van der Waals surface area contributed by atoms with E-state index >= 15 is 0 Å². The fraction of sp³-hybridized carbons (Fsp3) is 1.00. The Labute approximate surface area is 165 Å². The van der Waals surface area contributed by atoms with Crippen LogP contribution in [0.4, 0.5) is 0 Å². The summed E-state index contributed by atoms with van der Waals surface area (Å²) in [4.78, 5) is 0. The highest BCUT2D eigenvalue weighted by atomic mass is 79.9. The van der Waals surface area contributed by atoms with E-state index in [0.717, 1.165) is 19.3 Å². The van der Waals surface area contributed by atoms with Crippen molar-refractivity contribution in [2.75, 3.05) is 0 Å². The normalized spacial score (nSPS) is 47.8. The lowest BCUT2D eigenvalue weighted by molar-refractivity contribution is -0.0270. The van der Waals surface area contributed by atoms with Crippen LogP contribution < -0.4 is 0 Å². The zero-order valence-corrected chi connectivity index (χ0v) is 20.4. The van der Waals surface area contributed by atoms with E-state index in [9.17, 15) is 5.11 Å². The van der Waals surface area contributed by atoms with Gasteiger partial charge in [-0.15, -0.1) is 0 Å². The lowest BCUT2D eigenvalue weighted by Crippen LogP contribution is -2.45. The van der Waals surface area contributed by atoms with Crippen LogP contribution in [-0.4, -0.2) is 28.4 Å². The van der Waals surface area contributed by atoms with E-state index in [-0.39, 0.29) is 8.27 Å². The zero-order valence-electron chi connectivity index (χ0n) is 16.2. The van der Waals surface area contributed by atoms with Gasteiger partial charge in [-0.25, -0.2) is 0 Å². The van der Waals surface area contributed by atoms with Gasteiger partial charge in [0, 0.05) is 6.10 Å². The summed E-state index contributed by atoms with van der Waals surface area (Å²) in [6.45, 7) is 16.1. The van der Waals surface area contributed by atoms with E-state index in [1.807, 2.05) is 0 Å². The SMILES string of the molecule is C[C@H]1[C@@H]2[C@@H]3[C@H](CC[C@@](C)(O)[C@@H]2C[C@@H]1O[Si](C)(C)C(C)(C)C)C3(Br)Br. The van der Waals surface area contributed by atoms with E-state index < -0.39 is 13.9 Å². The van der Waals surface area contributed by atoms with Gasteiger partial charge < -0.3 is 9.53 Å². The van der Waals surface area contributed by atoms with E-state index in [2.05, 4.69) is 79.6 Å². The number of rotatable bonds is 2. The minimum atomic E-state index is -1.78. The molecule has 1 N–H and O–H groups in total. The molecule has 0 aliphatic heterocycles. The van der Waals surface area contributed by atoms with Crippen LogP contribution in [0.2, 0.25) is 18.1 Å². The lowest BCUT2D eigenvalue weighted by atomic mass is 9.76. The molecule has 0 aromatic carbocycles. The first-order chi connectivity index (χ1) is 10.7. The molecule has 3 saturated carbocycles. The van der Waals surface area contributed by atoms with E-state index in [4.69, 9.17) is 4.43 Å². The summed E-state index contributed by atoms with van der Waals surface area (Å²) in [5, 5.41) is 11.4. The molecule has 3 rings (SSSR count). The van der Waals surface area contributed by atoms with E-state index in [0.29, 0.717) is 35.7 Å². The summed E-state index contributed by atoms with van der Waals surface area (Å²) >= 11 is 7.86. The second-order valence-corrected chi connectivity index (χ2v) is 18.8. The topological polar surface area (TPSA) is 29.5 Å². The number of alkyl halides is 2. The smallest absolute Gasteiger partial charge is 0.192 e. The van der Waals surface area contributed by atoms with Crippen molar-refractivity contribution < 1.29 is 9.53 Å². The molecule has 0 spiro atoms. The molecule has 0 radical (unpaired) electrons. The Morgan fingerprint density at radius 1 is 1.17 bits per heavy atom. The number of halogens is 2. The van der Waals surface area contributed by atoms with Crippen LogP contribution in [0.15, 0.2) is 0 Å². The highest BCUT2D eigenvalue weighted by molar-refractivity contribution is 9.25. The Hall–Kier alpha value is 1.10. The minimum absolute atomic E-state index is 0.0968. The van der Waals surface area contributed by atoms with E-state index in [1.165, 1.54) is 0 Å². The zero-order chi connectivity index (χ0) is 18.3. The third kappa shape index (κ3) is 3.02. The van der Waals surface area contributed by atoms with Gasteiger partial charge in [0.2, 0.25) is 0 Å². The van der Waals surface area contributed by atoms with Gasteiger partial charge >= 0.3 is 0 Å². The summed E-state index contributed by atoms with van der Waals surface area (Å²) in [6, 6.07) is 0. The van der Waals surface area contributed by atoms with Gasteiger partial charge in [0.25, 0.3) is 0 Å². The van der Waals surface area contributed by atoms with Gasteiger partial charge in [-0.3, -0.25) is 0 Å². The van der Waals surface area contributed by atoms with Crippen LogP contribution in [0.1, 0.15) is 53.9 Å². The fourth-order valence-electron chi connectivity index (χ4n) is 5.14. The molecule has 3 aliphatic rings. The Bertz CT molecular complexity index is 512. The van der Waals surface area contributed by atoms with Crippen LogP contribution in [0.25, 0.3) is 0 Å². The van der Waals surface area contributed by atoms with Crippen molar-refractivity contribution in [3.05, 3.63) is 0 Å². The predicted octanol–water partition coefficient (Wildman–Crippen LogP) is 5.93. The van der Waals surface area contributed by atoms with Crippen molar-refractivity contribution in [3.8, 4) is 0 Å². The Balaban J connectivity index is 1.85. The van der Waals surface area contributed by atoms with Gasteiger partial charge in [-0.05, 0) is 73.9 Å². The summed E-state index contributed by atoms with van der Waals surface area (Å²) in [5.41, 5.74) is -0.548. The monoisotopic (exact) mass is 480 g/mol. The van der Waals surface area contributed by atoms with Gasteiger partial charge in [-0.1, -0.05) is 59.6 Å². The fourth-order valence-corrected chi connectivity index (χ4v) is 8.57. The molecular formula is C19H34Br2O2Si. The maximum Gasteiger partial charge on any atom is 0.192 e. The van der Waals surface area contributed by atoms with Crippen LogP contribution in [0, 0.1) is 29.6 Å². The lowest BCUT2D eigenvalue weighted by Gasteiger charge is -2.40. The summed E-state index contributed by atoms with van der Waals surface area (Å²) < 4.78 is 6.93. The maximum atomic E-state index is 11.2. The van der Waals surface area contributed by atoms with Crippen molar-refractivity contribution in [2.24, 2.45) is 29.6 Å². The van der Waals surface area contributed by atoms with Crippen molar-refractivity contribution in [1.29, 1.82) is 0 Å². The van der Waals surface area contributed by atoms with Gasteiger partial charge in [0.15, 0.2) is 8.32 Å². The molecule has 7 atom stereocenters. The number of aliphatic hydroxyl groups is 1. The number of hydrogen-bond donors (Lipinski definition) is 1. The van der Waals surface area contributed by atoms with Crippen molar-refractivity contribution >= 4 is 40.2 Å². The largest absolute Gasteiger partial charge is 0.414 e. The quantitative estimate of drug-likeness (QED) is 0.391. The second-order valence-electron chi connectivity index (χ2n) is 10.4. The summed E-state index contributed by atoms with van der Waals surface area (Å²) in [5.74, 6) is 2.68. The molecule has 0 heterocycles. The van der Waals surface area contributed by atoms with Crippen molar-refractivity contribution in [3.63, 3.8) is 0 Å². The number of fused-ring (bicyclic) bond motifs is 3. The molecule has 140 valence electrons. The molecule has 0 bridgehead atoms. The summed E-state index contributed by atoms with van der Waals surface area (Å²) in [7, 11) is -1.78. The molecule has 24 heavy (non-hydrogen) atoms. The highest BCUT2D eigenvalue weighted by Crippen LogP contribution is 2.73. The first-order valence-corrected chi connectivity index (χ1v) is 14.0. The van der Waals surface area contributed by atoms with Crippen molar-refractivity contribution in [1.82, 2.24) is 0 Å². The average Bonchev–Trinajstić information content (AvgIpc) is 2.83. The first kappa shape index (κ1) is 19.8. The molecule has 2 nitrogen and oxygen atoms in total. The number of hydrogen-bond acceptors (Lipinski definition) is 2. The molecule has 0 unspecified atom stereocenters. The Morgan fingerprint density at radius 3 is 2.29 bits per heavy atom. The highest BCUT2D eigenvalue weighted by Gasteiger charge is 2.71. The maximum absolute atomic E-state index is 11.2. The van der Waals surface area contributed by atoms with Gasteiger partial charge in [0.05, 0.1) is 8.83 Å². The second kappa shape index (κ2) is 5.80. The third-order valence-electron chi connectivity index (χ3n) is 7.83. The van der Waals surface area contributed by atoms with Crippen molar-refractivity contribution in [2.45, 2.75) is 87.0 Å². The molecule has 0 saturated heterocycles. The molecule has 3 fully saturated rings. The van der Waals surface area contributed by atoms with E-state index in [1.54, 1.807) is 0 Å².